The van der Waals surface area contributed by atoms with Crippen LogP contribution in [-0.4, -0.2) is 45.5 Å². The molecule has 4 rings (SSSR count). The molecule has 3 aromatic rings. The van der Waals surface area contributed by atoms with Gasteiger partial charge >= 0.3 is 12.1 Å². The second-order valence-corrected chi connectivity index (χ2v) is 8.54. The molecule has 1 atom stereocenters. The van der Waals surface area contributed by atoms with Gasteiger partial charge in [-0.3, -0.25) is 9.48 Å². The summed E-state index contributed by atoms with van der Waals surface area (Å²) in [5, 5.41) is 18.6. The fraction of sp³-hybridized carbons (Fsp3) is 0.308. The zero-order valence-corrected chi connectivity index (χ0v) is 19.7. The van der Waals surface area contributed by atoms with Crippen LogP contribution < -0.4 is 10.6 Å². The van der Waals surface area contributed by atoms with Crippen molar-refractivity contribution in [2.45, 2.75) is 38.1 Å². The van der Waals surface area contributed by atoms with E-state index >= 15 is 0 Å². The van der Waals surface area contributed by atoms with Gasteiger partial charge in [-0.2, -0.15) is 5.10 Å². The van der Waals surface area contributed by atoms with Crippen LogP contribution in [0.4, 0.5) is 10.5 Å². The van der Waals surface area contributed by atoms with E-state index in [2.05, 4.69) is 40.0 Å². The summed E-state index contributed by atoms with van der Waals surface area (Å²) in [6.07, 6.45) is 1.98. The van der Waals surface area contributed by atoms with E-state index in [0.717, 1.165) is 28.7 Å². The summed E-state index contributed by atoms with van der Waals surface area (Å²) in [6.45, 7) is 2.14. The molecule has 1 heterocycles. The number of amides is 2. The summed E-state index contributed by atoms with van der Waals surface area (Å²) in [5.41, 5.74) is 4.53. The monoisotopic (exact) mass is 476 g/mol. The largest absolute Gasteiger partial charge is 0.476 e. The van der Waals surface area contributed by atoms with Crippen LogP contribution in [0.1, 0.15) is 53.7 Å². The minimum absolute atomic E-state index is 0.0218. The number of rotatable bonds is 9. The zero-order chi connectivity index (χ0) is 24.9. The number of carboxylic acid groups (broad SMARTS) is 1. The Morgan fingerprint density at radius 2 is 1.71 bits per heavy atom. The summed E-state index contributed by atoms with van der Waals surface area (Å²) in [7, 11) is 1.48. The number of aromatic nitrogens is 2. The lowest BCUT2D eigenvalue weighted by molar-refractivity contribution is -0.116. The molecule has 3 N–H and O–H groups in total. The molecule has 9 heteroatoms. The Hall–Kier alpha value is -4.14. The van der Waals surface area contributed by atoms with Gasteiger partial charge in [-0.05, 0) is 28.7 Å². The number of anilines is 1. The number of hydrogen-bond donors (Lipinski definition) is 3. The predicted molar refractivity (Wildman–Crippen MR) is 130 cm³/mol. The van der Waals surface area contributed by atoms with Gasteiger partial charge < -0.3 is 20.5 Å². The molecule has 0 radical (unpaired) electrons. The third-order valence-corrected chi connectivity index (χ3v) is 6.15. The summed E-state index contributed by atoms with van der Waals surface area (Å²) in [4.78, 5) is 36.6. The third kappa shape index (κ3) is 5.18. The van der Waals surface area contributed by atoms with Gasteiger partial charge in [0.05, 0.1) is 11.9 Å². The molecule has 1 aliphatic carbocycles. The molecule has 1 aliphatic rings. The van der Waals surface area contributed by atoms with E-state index in [1.807, 2.05) is 31.2 Å². The Labute approximate surface area is 203 Å². The minimum atomic E-state index is -1.19. The summed E-state index contributed by atoms with van der Waals surface area (Å²) in [6, 6.07) is 15.7. The van der Waals surface area contributed by atoms with Gasteiger partial charge in [0, 0.05) is 25.4 Å². The van der Waals surface area contributed by atoms with Crippen molar-refractivity contribution < 1.29 is 24.2 Å². The van der Waals surface area contributed by atoms with E-state index in [1.54, 1.807) is 0 Å². The number of nitrogens with zero attached hydrogens (tertiary/aromatic N) is 2. The minimum Gasteiger partial charge on any atom is -0.476 e. The number of carbonyl (C=O) groups excluding carboxylic acids is 2. The van der Waals surface area contributed by atoms with E-state index in [9.17, 15) is 19.5 Å². The number of benzene rings is 2. The maximum Gasteiger partial charge on any atom is 0.407 e. The highest BCUT2D eigenvalue weighted by Gasteiger charge is 2.29. The first kappa shape index (κ1) is 24.0. The van der Waals surface area contributed by atoms with Crippen molar-refractivity contribution in [2.75, 3.05) is 11.9 Å². The van der Waals surface area contributed by atoms with Crippen LogP contribution in [0.3, 0.4) is 0 Å². The SMILES string of the molecule is CCC[C@H](CC(=O)Nc1cnn(C)c1C(=O)O)NC(=O)OCC1c2ccccc2-c2ccccc21. The van der Waals surface area contributed by atoms with Crippen molar-refractivity contribution in [3.63, 3.8) is 0 Å². The average Bonchev–Trinajstić information content (AvgIpc) is 3.35. The van der Waals surface area contributed by atoms with Gasteiger partial charge in [-0.1, -0.05) is 61.9 Å². The second-order valence-electron chi connectivity index (χ2n) is 8.54. The van der Waals surface area contributed by atoms with E-state index in [-0.39, 0.29) is 30.3 Å². The van der Waals surface area contributed by atoms with Crippen LogP contribution in [-0.2, 0) is 16.6 Å². The molecule has 0 fully saturated rings. The Morgan fingerprint density at radius 1 is 1.09 bits per heavy atom. The van der Waals surface area contributed by atoms with Crippen LogP contribution in [0.15, 0.2) is 54.7 Å². The number of ether oxygens (including phenoxy) is 1. The van der Waals surface area contributed by atoms with Crippen molar-refractivity contribution in [1.82, 2.24) is 15.1 Å². The van der Waals surface area contributed by atoms with Crippen LogP contribution in [0, 0.1) is 0 Å². The molecule has 1 aromatic heterocycles. The summed E-state index contributed by atoms with van der Waals surface area (Å²) >= 11 is 0. The zero-order valence-electron chi connectivity index (χ0n) is 19.7. The third-order valence-electron chi connectivity index (χ3n) is 6.15. The van der Waals surface area contributed by atoms with Gasteiger partial charge in [0.2, 0.25) is 5.91 Å². The van der Waals surface area contributed by atoms with E-state index < -0.39 is 24.0 Å². The number of hydrogen-bond acceptors (Lipinski definition) is 5. The van der Waals surface area contributed by atoms with Crippen molar-refractivity contribution in [3.8, 4) is 11.1 Å². The molecule has 9 nitrogen and oxygen atoms in total. The highest BCUT2D eigenvalue weighted by Crippen LogP contribution is 2.44. The normalized spacial score (nSPS) is 13.0. The Morgan fingerprint density at radius 3 is 2.31 bits per heavy atom. The average molecular weight is 477 g/mol. The van der Waals surface area contributed by atoms with E-state index in [1.165, 1.54) is 17.9 Å². The molecular formula is C26H28N4O5. The lowest BCUT2D eigenvalue weighted by Gasteiger charge is -2.19. The standard InChI is InChI=1S/C26H28N4O5/c1-3-8-16(13-23(31)29-22-14-27-30(2)24(22)25(32)33)28-26(34)35-15-21-19-11-6-4-9-17(19)18-10-5-7-12-20(18)21/h4-7,9-12,14,16,21H,3,8,13,15H2,1-2H3,(H,28,34)(H,29,31)(H,32,33)/t16-/m1/s1. The second kappa shape index (κ2) is 10.4. The molecule has 0 spiro atoms. The van der Waals surface area contributed by atoms with Crippen molar-refractivity contribution >= 4 is 23.7 Å². The number of carbonyl (C=O) groups is 3. The first-order chi connectivity index (χ1) is 16.9. The Balaban J connectivity index is 1.37. The fourth-order valence-electron chi connectivity index (χ4n) is 4.59. The number of aryl methyl sites for hydroxylation is 1. The maximum atomic E-state index is 12.6. The molecule has 35 heavy (non-hydrogen) atoms. The van der Waals surface area contributed by atoms with Gasteiger partial charge in [-0.25, -0.2) is 9.59 Å². The lowest BCUT2D eigenvalue weighted by Crippen LogP contribution is -2.38. The molecular weight excluding hydrogens is 448 g/mol. The number of carboxylic acids is 1. The number of alkyl carbamates (subject to hydrolysis) is 1. The van der Waals surface area contributed by atoms with Crippen LogP contribution in [0.5, 0.6) is 0 Å². The molecule has 182 valence electrons. The molecule has 2 aromatic carbocycles. The molecule has 0 saturated carbocycles. The quantitative estimate of drug-likeness (QED) is 0.426. The van der Waals surface area contributed by atoms with Gasteiger partial charge in [0.15, 0.2) is 5.69 Å². The summed E-state index contributed by atoms with van der Waals surface area (Å²) in [5.74, 6) is -1.67. The highest BCUT2D eigenvalue weighted by molar-refractivity contribution is 5.99. The lowest BCUT2D eigenvalue weighted by atomic mass is 9.98. The van der Waals surface area contributed by atoms with Gasteiger partial charge in [-0.15, -0.1) is 0 Å². The van der Waals surface area contributed by atoms with E-state index in [0.29, 0.717) is 6.42 Å². The molecule has 0 saturated heterocycles. The maximum absolute atomic E-state index is 12.6. The topological polar surface area (TPSA) is 123 Å². The molecule has 2 amide bonds. The number of nitrogens with one attached hydrogen (secondary N) is 2. The number of fused-ring (bicyclic) bond motifs is 3. The van der Waals surface area contributed by atoms with Crippen molar-refractivity contribution in [1.29, 1.82) is 0 Å². The Kier molecular flexibility index (Phi) is 7.14. The predicted octanol–water partition coefficient (Wildman–Crippen LogP) is 4.15. The van der Waals surface area contributed by atoms with Gasteiger partial charge in [0.25, 0.3) is 0 Å². The molecule has 0 unspecified atom stereocenters. The van der Waals surface area contributed by atoms with E-state index in [4.69, 9.17) is 4.74 Å². The van der Waals surface area contributed by atoms with Crippen LogP contribution in [0.2, 0.25) is 0 Å². The van der Waals surface area contributed by atoms with Crippen LogP contribution in [0.25, 0.3) is 11.1 Å². The first-order valence-corrected chi connectivity index (χ1v) is 11.6. The first-order valence-electron chi connectivity index (χ1n) is 11.6. The fourth-order valence-corrected chi connectivity index (χ4v) is 4.59. The Bertz CT molecular complexity index is 1210. The highest BCUT2D eigenvalue weighted by atomic mass is 16.5. The van der Waals surface area contributed by atoms with Crippen LogP contribution >= 0.6 is 0 Å². The van der Waals surface area contributed by atoms with Gasteiger partial charge in [0.1, 0.15) is 6.61 Å². The summed E-state index contributed by atoms with van der Waals surface area (Å²) < 4.78 is 6.77. The van der Waals surface area contributed by atoms with Crippen molar-refractivity contribution in [2.24, 2.45) is 7.05 Å². The van der Waals surface area contributed by atoms with Crippen molar-refractivity contribution in [3.05, 3.63) is 71.5 Å². The molecule has 0 bridgehead atoms. The smallest absolute Gasteiger partial charge is 0.407 e. The molecule has 0 aliphatic heterocycles. The number of aromatic carboxylic acids is 1.